The van der Waals surface area contributed by atoms with Crippen LogP contribution in [0.2, 0.25) is 0 Å². The second kappa shape index (κ2) is 6.19. The van der Waals surface area contributed by atoms with E-state index >= 15 is 0 Å². The number of rotatable bonds is 5. The molecule has 1 aromatic carbocycles. The van der Waals surface area contributed by atoms with Crippen molar-refractivity contribution in [3.05, 3.63) is 29.3 Å². The summed E-state index contributed by atoms with van der Waals surface area (Å²) < 4.78 is 0. The first kappa shape index (κ1) is 12.6. The van der Waals surface area contributed by atoms with Gasteiger partial charge in [-0.3, -0.25) is 0 Å². The van der Waals surface area contributed by atoms with Crippen LogP contribution in [0, 0.1) is 19.8 Å². The number of hydrogen-bond donors (Lipinski definition) is 1. The quantitative estimate of drug-likeness (QED) is 0.769. The molecule has 15 heavy (non-hydrogen) atoms. The molecule has 0 aliphatic heterocycles. The highest BCUT2D eigenvalue weighted by atomic mass is 32.2. The molecular weight excluding hydrogens is 202 g/mol. The Balaban J connectivity index is 2.47. The van der Waals surface area contributed by atoms with Crippen molar-refractivity contribution in [3.8, 4) is 0 Å². The molecule has 0 spiro atoms. The zero-order valence-electron chi connectivity index (χ0n) is 10.1. The molecule has 2 heteroatoms. The van der Waals surface area contributed by atoms with Gasteiger partial charge in [-0.15, -0.1) is 11.8 Å². The van der Waals surface area contributed by atoms with Crippen molar-refractivity contribution in [2.45, 2.75) is 25.7 Å². The summed E-state index contributed by atoms with van der Waals surface area (Å²) >= 11 is 1.95. The van der Waals surface area contributed by atoms with Crippen molar-refractivity contribution in [1.82, 2.24) is 5.32 Å². The zero-order valence-corrected chi connectivity index (χ0v) is 10.9. The van der Waals surface area contributed by atoms with E-state index in [1.165, 1.54) is 21.8 Å². The average Bonchev–Trinajstić information content (AvgIpc) is 2.20. The fraction of sp³-hybridized carbons (Fsp3) is 0.538. The molecule has 0 aliphatic carbocycles. The van der Waals surface area contributed by atoms with Crippen molar-refractivity contribution in [2.75, 3.05) is 19.3 Å². The third kappa shape index (κ3) is 4.27. The molecule has 1 aromatic rings. The Morgan fingerprint density at radius 3 is 2.60 bits per heavy atom. The highest BCUT2D eigenvalue weighted by Gasteiger charge is 2.02. The second-order valence-corrected chi connectivity index (χ2v) is 5.31. The summed E-state index contributed by atoms with van der Waals surface area (Å²) in [5, 5.41) is 3.21. The topological polar surface area (TPSA) is 12.0 Å². The summed E-state index contributed by atoms with van der Waals surface area (Å²) in [5.41, 5.74) is 2.77. The Hall–Kier alpha value is -0.470. The summed E-state index contributed by atoms with van der Waals surface area (Å²) in [6.45, 7) is 7.71. The second-order valence-electron chi connectivity index (χ2n) is 4.22. The smallest absolute Gasteiger partial charge is 0.00748 e. The Kier molecular flexibility index (Phi) is 5.20. The van der Waals surface area contributed by atoms with Crippen LogP contribution >= 0.6 is 11.8 Å². The summed E-state index contributed by atoms with van der Waals surface area (Å²) in [5.74, 6) is 1.91. The molecule has 0 aliphatic rings. The number of hydrogen-bond acceptors (Lipinski definition) is 2. The molecule has 0 fully saturated rings. The van der Waals surface area contributed by atoms with Crippen LogP contribution in [-0.4, -0.2) is 19.3 Å². The SMILES string of the molecule is CNCC(C)CSc1ccc(C)c(C)c1. The highest BCUT2D eigenvalue weighted by Crippen LogP contribution is 2.22. The summed E-state index contributed by atoms with van der Waals surface area (Å²) in [6, 6.07) is 6.71. The molecule has 1 nitrogen and oxygen atoms in total. The number of nitrogens with one attached hydrogen (secondary N) is 1. The van der Waals surface area contributed by atoms with Gasteiger partial charge in [-0.25, -0.2) is 0 Å². The first-order chi connectivity index (χ1) is 7.13. The normalized spacial score (nSPS) is 12.8. The van der Waals surface area contributed by atoms with Crippen LogP contribution in [0.3, 0.4) is 0 Å². The summed E-state index contributed by atoms with van der Waals surface area (Å²) in [7, 11) is 2.01. The van der Waals surface area contributed by atoms with E-state index in [0.29, 0.717) is 0 Å². The van der Waals surface area contributed by atoms with E-state index in [0.717, 1.165) is 12.5 Å². The molecule has 0 saturated carbocycles. The third-order valence-corrected chi connectivity index (χ3v) is 3.89. The molecule has 1 N–H and O–H groups in total. The van der Waals surface area contributed by atoms with E-state index in [4.69, 9.17) is 0 Å². The van der Waals surface area contributed by atoms with E-state index < -0.39 is 0 Å². The van der Waals surface area contributed by atoms with Crippen molar-refractivity contribution in [1.29, 1.82) is 0 Å². The van der Waals surface area contributed by atoms with Gasteiger partial charge in [-0.1, -0.05) is 13.0 Å². The van der Waals surface area contributed by atoms with Gasteiger partial charge in [0.15, 0.2) is 0 Å². The van der Waals surface area contributed by atoms with E-state index in [2.05, 4.69) is 44.3 Å². The van der Waals surface area contributed by atoms with Crippen LogP contribution < -0.4 is 5.32 Å². The van der Waals surface area contributed by atoms with Gasteiger partial charge in [0.25, 0.3) is 0 Å². The number of benzene rings is 1. The summed E-state index contributed by atoms with van der Waals surface area (Å²) in [6.07, 6.45) is 0. The van der Waals surface area contributed by atoms with Crippen LogP contribution in [0.1, 0.15) is 18.1 Å². The first-order valence-electron chi connectivity index (χ1n) is 5.48. The lowest BCUT2D eigenvalue weighted by atomic mass is 10.1. The fourth-order valence-electron chi connectivity index (χ4n) is 1.45. The highest BCUT2D eigenvalue weighted by molar-refractivity contribution is 7.99. The van der Waals surface area contributed by atoms with Crippen molar-refractivity contribution in [2.24, 2.45) is 5.92 Å². The number of thioether (sulfide) groups is 1. The van der Waals surface area contributed by atoms with E-state index in [1.807, 2.05) is 18.8 Å². The minimum Gasteiger partial charge on any atom is -0.319 e. The molecule has 84 valence electrons. The molecule has 0 bridgehead atoms. The average molecular weight is 223 g/mol. The lowest BCUT2D eigenvalue weighted by Gasteiger charge is -2.10. The van der Waals surface area contributed by atoms with Gasteiger partial charge in [-0.05, 0) is 56.6 Å². The Morgan fingerprint density at radius 2 is 2.00 bits per heavy atom. The lowest BCUT2D eigenvalue weighted by molar-refractivity contribution is 0.603. The monoisotopic (exact) mass is 223 g/mol. The van der Waals surface area contributed by atoms with Crippen LogP contribution in [-0.2, 0) is 0 Å². The molecular formula is C13H21NS. The Bertz CT molecular complexity index is 309. The minimum atomic E-state index is 0.724. The van der Waals surface area contributed by atoms with Gasteiger partial charge in [0.1, 0.15) is 0 Å². The van der Waals surface area contributed by atoms with Gasteiger partial charge in [0, 0.05) is 10.6 Å². The molecule has 1 atom stereocenters. The number of aryl methyl sites for hydroxylation is 2. The molecule has 0 radical (unpaired) electrons. The lowest BCUT2D eigenvalue weighted by Crippen LogP contribution is -2.17. The van der Waals surface area contributed by atoms with Crippen molar-refractivity contribution < 1.29 is 0 Å². The maximum atomic E-state index is 3.21. The van der Waals surface area contributed by atoms with E-state index in [9.17, 15) is 0 Å². The Labute approximate surface area is 97.7 Å². The van der Waals surface area contributed by atoms with Gasteiger partial charge in [0.2, 0.25) is 0 Å². The predicted octanol–water partition coefficient (Wildman–Crippen LogP) is 3.25. The van der Waals surface area contributed by atoms with Gasteiger partial charge < -0.3 is 5.32 Å². The molecule has 1 unspecified atom stereocenters. The van der Waals surface area contributed by atoms with Crippen LogP contribution in [0.4, 0.5) is 0 Å². The maximum Gasteiger partial charge on any atom is 0.00748 e. The third-order valence-electron chi connectivity index (χ3n) is 2.57. The Morgan fingerprint density at radius 1 is 1.27 bits per heavy atom. The van der Waals surface area contributed by atoms with Gasteiger partial charge in [0.05, 0.1) is 0 Å². The molecule has 1 rings (SSSR count). The molecule has 0 heterocycles. The molecule has 0 aromatic heterocycles. The minimum absolute atomic E-state index is 0.724. The standard InChI is InChI=1S/C13H21NS/c1-10(8-14-4)9-15-13-6-5-11(2)12(3)7-13/h5-7,10,14H,8-9H2,1-4H3. The molecule has 0 amide bonds. The van der Waals surface area contributed by atoms with Gasteiger partial charge in [-0.2, -0.15) is 0 Å². The largest absolute Gasteiger partial charge is 0.319 e. The van der Waals surface area contributed by atoms with Gasteiger partial charge >= 0.3 is 0 Å². The maximum absolute atomic E-state index is 3.21. The zero-order chi connectivity index (χ0) is 11.3. The van der Waals surface area contributed by atoms with Crippen molar-refractivity contribution in [3.63, 3.8) is 0 Å². The fourth-order valence-corrected chi connectivity index (χ4v) is 2.47. The van der Waals surface area contributed by atoms with Crippen molar-refractivity contribution >= 4 is 11.8 Å². The summed E-state index contributed by atoms with van der Waals surface area (Å²) in [4.78, 5) is 1.39. The molecule has 0 saturated heterocycles. The van der Waals surface area contributed by atoms with E-state index in [-0.39, 0.29) is 0 Å². The first-order valence-corrected chi connectivity index (χ1v) is 6.46. The predicted molar refractivity (Wildman–Crippen MR) is 69.7 cm³/mol. The van der Waals surface area contributed by atoms with E-state index in [1.54, 1.807) is 0 Å². The van der Waals surface area contributed by atoms with Crippen LogP contribution in [0.25, 0.3) is 0 Å². The van der Waals surface area contributed by atoms with Crippen LogP contribution in [0.15, 0.2) is 23.1 Å². The van der Waals surface area contributed by atoms with Crippen LogP contribution in [0.5, 0.6) is 0 Å².